The van der Waals surface area contributed by atoms with E-state index in [0.717, 1.165) is 0 Å². The third kappa shape index (κ3) is 4.35. The molecule has 0 saturated carbocycles. The molecule has 1 aromatic rings. The summed E-state index contributed by atoms with van der Waals surface area (Å²) in [7, 11) is 0. The minimum Gasteiger partial charge on any atom is -0.444 e. The summed E-state index contributed by atoms with van der Waals surface area (Å²) in [5, 5.41) is 0. The number of ether oxygens (including phenoxy) is 1. The molecule has 152 valence electrons. The summed E-state index contributed by atoms with van der Waals surface area (Å²) >= 11 is 0. The van der Waals surface area contributed by atoms with Crippen LogP contribution < -0.4 is 15.5 Å². The van der Waals surface area contributed by atoms with E-state index in [9.17, 15) is 14.4 Å². The second-order valence-corrected chi connectivity index (χ2v) is 8.11. The highest BCUT2D eigenvalue weighted by Crippen LogP contribution is 2.32. The first-order chi connectivity index (χ1) is 13.2. The van der Waals surface area contributed by atoms with Gasteiger partial charge in [0.25, 0.3) is 0 Å². The van der Waals surface area contributed by atoms with Crippen LogP contribution in [0.5, 0.6) is 0 Å². The summed E-state index contributed by atoms with van der Waals surface area (Å²) in [5.41, 5.74) is 5.51. The van der Waals surface area contributed by atoms with Crippen LogP contribution in [-0.2, 0) is 14.3 Å². The van der Waals surface area contributed by atoms with Gasteiger partial charge in [0, 0.05) is 45.3 Å². The molecule has 2 N–H and O–H groups in total. The second-order valence-electron chi connectivity index (χ2n) is 8.11. The van der Waals surface area contributed by atoms with Crippen LogP contribution in [-0.4, -0.2) is 66.1 Å². The normalized spacial score (nSPS) is 20.5. The fourth-order valence-corrected chi connectivity index (χ4v) is 3.40. The third-order valence-electron chi connectivity index (χ3n) is 4.82. The number of aromatic nitrogens is 1. The monoisotopic (exact) mass is 389 g/mol. The van der Waals surface area contributed by atoms with E-state index in [1.54, 1.807) is 22.1 Å². The highest BCUT2D eigenvalue weighted by Gasteiger charge is 2.36. The van der Waals surface area contributed by atoms with Gasteiger partial charge in [0.05, 0.1) is 11.6 Å². The molecule has 2 aliphatic heterocycles. The van der Waals surface area contributed by atoms with Gasteiger partial charge in [0.1, 0.15) is 5.60 Å². The largest absolute Gasteiger partial charge is 0.444 e. The summed E-state index contributed by atoms with van der Waals surface area (Å²) in [6, 6.07) is 3.59. The first-order valence-electron chi connectivity index (χ1n) is 9.43. The van der Waals surface area contributed by atoms with Crippen molar-refractivity contribution >= 4 is 29.4 Å². The van der Waals surface area contributed by atoms with Gasteiger partial charge in [-0.25, -0.2) is 9.78 Å². The van der Waals surface area contributed by atoms with Crippen LogP contribution in [0, 0.1) is 5.92 Å². The van der Waals surface area contributed by atoms with Crippen molar-refractivity contribution in [1.29, 1.82) is 0 Å². The Balaban J connectivity index is 1.70. The first kappa shape index (κ1) is 19.9. The van der Waals surface area contributed by atoms with Crippen molar-refractivity contribution in [3.8, 4) is 0 Å². The summed E-state index contributed by atoms with van der Waals surface area (Å²) in [4.78, 5) is 45.9. The number of nitrogens with two attached hydrogens (primary N) is 1. The van der Waals surface area contributed by atoms with Crippen molar-refractivity contribution < 1.29 is 19.1 Å². The molecule has 3 amide bonds. The van der Waals surface area contributed by atoms with E-state index in [0.29, 0.717) is 37.7 Å². The molecule has 0 spiro atoms. The molecular weight excluding hydrogens is 362 g/mol. The maximum Gasteiger partial charge on any atom is 0.410 e. The standard InChI is InChI=1S/C19H27N5O4/c1-19(2,3)28-18(27)23-9-7-22(8-10-23)17-14(5-4-6-21-17)24-12-13(16(20)26)11-15(24)25/h4-6,13H,7-12H2,1-3H3,(H2,20,26). The number of carbonyl (C=O) groups excluding carboxylic acids is 3. The average molecular weight is 389 g/mol. The fourth-order valence-electron chi connectivity index (χ4n) is 3.40. The van der Waals surface area contributed by atoms with Gasteiger partial charge in [0.2, 0.25) is 11.8 Å². The van der Waals surface area contributed by atoms with Crippen molar-refractivity contribution in [1.82, 2.24) is 9.88 Å². The number of carbonyl (C=O) groups is 3. The van der Waals surface area contributed by atoms with Gasteiger partial charge < -0.3 is 25.2 Å². The Morgan fingerprint density at radius 1 is 1.21 bits per heavy atom. The van der Waals surface area contributed by atoms with E-state index in [1.807, 2.05) is 31.7 Å². The molecule has 1 atom stereocenters. The number of piperazine rings is 1. The van der Waals surface area contributed by atoms with Gasteiger partial charge in [-0.1, -0.05) is 0 Å². The molecule has 2 fully saturated rings. The average Bonchev–Trinajstić information content (AvgIpc) is 3.02. The maximum absolute atomic E-state index is 12.4. The van der Waals surface area contributed by atoms with E-state index in [4.69, 9.17) is 10.5 Å². The number of rotatable bonds is 3. The molecule has 2 saturated heterocycles. The number of hydrogen-bond donors (Lipinski definition) is 1. The summed E-state index contributed by atoms with van der Waals surface area (Å²) in [5.74, 6) is -0.410. The predicted octanol–water partition coefficient (Wildman–Crippen LogP) is 0.977. The molecule has 9 nitrogen and oxygen atoms in total. The van der Waals surface area contributed by atoms with Gasteiger partial charge in [0.15, 0.2) is 5.82 Å². The van der Waals surface area contributed by atoms with E-state index < -0.39 is 17.4 Å². The van der Waals surface area contributed by atoms with Crippen LogP contribution >= 0.6 is 0 Å². The topological polar surface area (TPSA) is 109 Å². The van der Waals surface area contributed by atoms with Gasteiger partial charge in [-0.3, -0.25) is 9.59 Å². The predicted molar refractivity (Wildman–Crippen MR) is 104 cm³/mol. The van der Waals surface area contributed by atoms with Crippen molar-refractivity contribution in [2.45, 2.75) is 32.8 Å². The summed E-state index contributed by atoms with van der Waals surface area (Å²) < 4.78 is 5.43. The number of nitrogens with zero attached hydrogens (tertiary/aromatic N) is 4. The van der Waals surface area contributed by atoms with Crippen LogP contribution in [0.4, 0.5) is 16.3 Å². The zero-order valence-electron chi connectivity index (χ0n) is 16.6. The molecule has 28 heavy (non-hydrogen) atoms. The van der Waals surface area contributed by atoms with Crippen LogP contribution in [0.25, 0.3) is 0 Å². The highest BCUT2D eigenvalue weighted by atomic mass is 16.6. The van der Waals surface area contributed by atoms with Crippen molar-refractivity contribution in [2.24, 2.45) is 11.7 Å². The third-order valence-corrected chi connectivity index (χ3v) is 4.82. The summed E-state index contributed by atoms with van der Waals surface area (Å²) in [6.07, 6.45) is 1.47. The van der Waals surface area contributed by atoms with E-state index in [2.05, 4.69) is 4.98 Å². The van der Waals surface area contributed by atoms with Gasteiger partial charge in [-0.15, -0.1) is 0 Å². The van der Waals surface area contributed by atoms with Crippen LogP contribution in [0.1, 0.15) is 27.2 Å². The number of pyridine rings is 1. The Kier molecular flexibility index (Phi) is 5.44. The molecule has 0 aromatic carbocycles. The van der Waals surface area contributed by atoms with Gasteiger partial charge in [-0.2, -0.15) is 0 Å². The lowest BCUT2D eigenvalue weighted by Gasteiger charge is -2.37. The van der Waals surface area contributed by atoms with E-state index in [-0.39, 0.29) is 25.0 Å². The fraction of sp³-hybridized carbons (Fsp3) is 0.579. The number of anilines is 2. The Bertz CT molecular complexity index is 768. The second kappa shape index (κ2) is 7.65. The lowest BCUT2D eigenvalue weighted by atomic mass is 10.1. The molecule has 1 aromatic heterocycles. The Morgan fingerprint density at radius 3 is 2.46 bits per heavy atom. The molecule has 3 rings (SSSR count). The quantitative estimate of drug-likeness (QED) is 0.825. The molecular formula is C19H27N5O4. The van der Waals surface area contributed by atoms with Crippen molar-refractivity contribution in [2.75, 3.05) is 42.5 Å². The van der Waals surface area contributed by atoms with Gasteiger partial charge in [-0.05, 0) is 32.9 Å². The van der Waals surface area contributed by atoms with Crippen LogP contribution in [0.2, 0.25) is 0 Å². The molecule has 0 bridgehead atoms. The Labute approximate surface area is 164 Å². The number of primary amides is 1. The highest BCUT2D eigenvalue weighted by molar-refractivity contribution is 6.01. The zero-order chi connectivity index (χ0) is 20.5. The molecule has 0 radical (unpaired) electrons. The van der Waals surface area contributed by atoms with Crippen molar-refractivity contribution in [3.05, 3.63) is 18.3 Å². The van der Waals surface area contributed by atoms with E-state index >= 15 is 0 Å². The van der Waals surface area contributed by atoms with E-state index in [1.165, 1.54) is 0 Å². The number of amides is 3. The number of hydrogen-bond acceptors (Lipinski definition) is 6. The molecule has 3 heterocycles. The molecule has 0 aliphatic carbocycles. The van der Waals surface area contributed by atoms with Crippen LogP contribution in [0.15, 0.2) is 18.3 Å². The molecule has 1 unspecified atom stereocenters. The first-order valence-corrected chi connectivity index (χ1v) is 9.43. The Morgan fingerprint density at radius 2 is 1.89 bits per heavy atom. The van der Waals surface area contributed by atoms with Crippen molar-refractivity contribution in [3.63, 3.8) is 0 Å². The maximum atomic E-state index is 12.4. The molecule has 2 aliphatic rings. The molecule has 9 heteroatoms. The zero-order valence-corrected chi connectivity index (χ0v) is 16.6. The SMILES string of the molecule is CC(C)(C)OC(=O)N1CCN(c2ncccc2N2CC(C(N)=O)CC2=O)CC1. The smallest absolute Gasteiger partial charge is 0.410 e. The summed E-state index contributed by atoms with van der Waals surface area (Å²) in [6.45, 7) is 7.94. The lowest BCUT2D eigenvalue weighted by Crippen LogP contribution is -2.50. The Hall–Kier alpha value is -2.84. The van der Waals surface area contributed by atoms with Gasteiger partial charge >= 0.3 is 6.09 Å². The van der Waals surface area contributed by atoms with Crippen LogP contribution in [0.3, 0.4) is 0 Å². The lowest BCUT2D eigenvalue weighted by molar-refractivity contribution is -0.123. The minimum absolute atomic E-state index is 0.121. The minimum atomic E-state index is -0.532.